The number of benzene rings is 1. The van der Waals surface area contributed by atoms with Gasteiger partial charge in [-0.25, -0.2) is 0 Å². The average molecular weight is 302 g/mol. The number of carbonyl (C=O) groups is 2. The van der Waals surface area contributed by atoms with Crippen molar-refractivity contribution < 1.29 is 14.3 Å². The van der Waals surface area contributed by atoms with Gasteiger partial charge in [-0.1, -0.05) is 30.3 Å². The van der Waals surface area contributed by atoms with Crippen molar-refractivity contribution in [2.75, 3.05) is 19.7 Å². The molecule has 1 N–H and O–H groups in total. The zero-order valence-corrected chi connectivity index (χ0v) is 12.7. The molecule has 1 heterocycles. The molecule has 2 amide bonds. The highest BCUT2D eigenvalue weighted by atomic mass is 16.5. The molecule has 2 fully saturated rings. The summed E-state index contributed by atoms with van der Waals surface area (Å²) in [6.45, 7) is 2.10. The van der Waals surface area contributed by atoms with Crippen LogP contribution in [-0.4, -0.2) is 42.5 Å². The van der Waals surface area contributed by atoms with E-state index in [-0.39, 0.29) is 17.7 Å². The third-order valence-electron chi connectivity index (χ3n) is 4.17. The van der Waals surface area contributed by atoms with Gasteiger partial charge in [0.15, 0.2) is 0 Å². The fourth-order valence-electron chi connectivity index (χ4n) is 2.80. The molecule has 1 aliphatic heterocycles. The lowest BCUT2D eigenvalue weighted by atomic mass is 10.1. The van der Waals surface area contributed by atoms with Gasteiger partial charge in [-0.2, -0.15) is 0 Å². The van der Waals surface area contributed by atoms with Crippen LogP contribution in [0.4, 0.5) is 0 Å². The molecule has 0 bridgehead atoms. The van der Waals surface area contributed by atoms with Gasteiger partial charge < -0.3 is 15.0 Å². The van der Waals surface area contributed by atoms with Gasteiger partial charge >= 0.3 is 0 Å². The molecule has 22 heavy (non-hydrogen) atoms. The van der Waals surface area contributed by atoms with Gasteiger partial charge in [-0.3, -0.25) is 9.59 Å². The summed E-state index contributed by atoms with van der Waals surface area (Å²) in [5.74, 6) is -0.0926. The van der Waals surface area contributed by atoms with Gasteiger partial charge in [0.2, 0.25) is 11.8 Å². The first-order valence-electron chi connectivity index (χ1n) is 7.93. The number of ether oxygens (including phenoxy) is 1. The first-order valence-corrected chi connectivity index (χ1v) is 7.93. The lowest BCUT2D eigenvalue weighted by molar-refractivity contribution is -0.129. The van der Waals surface area contributed by atoms with Crippen LogP contribution >= 0.6 is 0 Å². The third kappa shape index (κ3) is 3.85. The molecule has 2 aliphatic rings. The van der Waals surface area contributed by atoms with Crippen molar-refractivity contribution in [2.45, 2.75) is 31.9 Å². The van der Waals surface area contributed by atoms with Gasteiger partial charge in [0.1, 0.15) is 0 Å². The molecule has 5 heteroatoms. The van der Waals surface area contributed by atoms with E-state index in [1.54, 1.807) is 0 Å². The fourth-order valence-corrected chi connectivity index (χ4v) is 2.80. The molecule has 0 unspecified atom stereocenters. The minimum absolute atomic E-state index is 0.0280. The number of likely N-dealkylation sites (tertiary alicyclic amines) is 1. The molecule has 1 aromatic rings. The highest BCUT2D eigenvalue weighted by Crippen LogP contribution is 2.32. The normalized spacial score (nSPS) is 21.2. The minimum Gasteiger partial charge on any atom is -0.375 e. The molecule has 0 aromatic heterocycles. The summed E-state index contributed by atoms with van der Waals surface area (Å²) in [6.07, 6.45) is 2.54. The predicted octanol–water partition coefficient (Wildman–Crippen LogP) is 1.33. The Hall–Kier alpha value is -1.88. The van der Waals surface area contributed by atoms with E-state index < -0.39 is 0 Å². The number of hydrogen-bond donors (Lipinski definition) is 1. The van der Waals surface area contributed by atoms with Crippen LogP contribution in [0.25, 0.3) is 0 Å². The molecule has 118 valence electrons. The maximum atomic E-state index is 12.1. The number of carbonyl (C=O) groups excluding carboxylic acids is 2. The summed E-state index contributed by atoms with van der Waals surface area (Å²) in [5, 5.41) is 2.87. The summed E-state index contributed by atoms with van der Waals surface area (Å²) in [5.41, 5.74) is 1.12. The molecule has 0 spiro atoms. The summed E-state index contributed by atoms with van der Waals surface area (Å²) < 4.78 is 5.53. The minimum atomic E-state index is -0.192. The molecule has 1 aromatic carbocycles. The largest absolute Gasteiger partial charge is 0.375 e. The smallest absolute Gasteiger partial charge is 0.225 e. The topological polar surface area (TPSA) is 58.6 Å². The summed E-state index contributed by atoms with van der Waals surface area (Å²) in [6, 6.07) is 10.3. The van der Waals surface area contributed by atoms with E-state index >= 15 is 0 Å². The Bertz CT molecular complexity index is 528. The predicted molar refractivity (Wildman–Crippen MR) is 81.9 cm³/mol. The van der Waals surface area contributed by atoms with Crippen molar-refractivity contribution in [3.8, 4) is 0 Å². The Morgan fingerprint density at radius 3 is 2.77 bits per heavy atom. The van der Waals surface area contributed by atoms with E-state index in [0.717, 1.165) is 18.4 Å². The molecule has 5 nitrogen and oxygen atoms in total. The molecular formula is C17H22N2O3. The molecule has 3 rings (SSSR count). The van der Waals surface area contributed by atoms with Gasteiger partial charge in [0.25, 0.3) is 0 Å². The van der Waals surface area contributed by atoms with Crippen LogP contribution in [0, 0.1) is 5.92 Å². The lowest BCUT2D eigenvalue weighted by Gasteiger charge is -2.15. The van der Waals surface area contributed by atoms with E-state index in [2.05, 4.69) is 5.32 Å². The van der Waals surface area contributed by atoms with Gasteiger partial charge in [0.05, 0.1) is 19.1 Å². The Morgan fingerprint density at radius 2 is 2.05 bits per heavy atom. The molecule has 0 radical (unpaired) electrons. The second-order valence-electron chi connectivity index (χ2n) is 6.01. The lowest BCUT2D eigenvalue weighted by Crippen LogP contribution is -2.35. The number of rotatable bonds is 7. The van der Waals surface area contributed by atoms with Gasteiger partial charge in [-0.05, 0) is 18.4 Å². The monoisotopic (exact) mass is 302 g/mol. The van der Waals surface area contributed by atoms with Crippen LogP contribution < -0.4 is 5.32 Å². The summed E-state index contributed by atoms with van der Waals surface area (Å²) in [7, 11) is 0. The first kappa shape index (κ1) is 15.0. The highest BCUT2D eigenvalue weighted by Gasteiger charge is 2.41. The highest BCUT2D eigenvalue weighted by molar-refractivity contribution is 5.89. The van der Waals surface area contributed by atoms with Crippen LogP contribution in [0.5, 0.6) is 0 Å². The SMILES string of the molecule is O=C(NCCOCc1ccccc1)[C@H]1CC(=O)N(C2CC2)C1. The van der Waals surface area contributed by atoms with Crippen molar-refractivity contribution in [3.05, 3.63) is 35.9 Å². The van der Waals surface area contributed by atoms with E-state index in [1.165, 1.54) is 0 Å². The number of hydrogen-bond acceptors (Lipinski definition) is 3. The van der Waals surface area contributed by atoms with Crippen LogP contribution in [0.2, 0.25) is 0 Å². The third-order valence-corrected chi connectivity index (χ3v) is 4.17. The van der Waals surface area contributed by atoms with E-state index in [4.69, 9.17) is 4.74 Å². The van der Waals surface area contributed by atoms with Crippen LogP contribution in [-0.2, 0) is 20.9 Å². The molecule has 1 saturated heterocycles. The van der Waals surface area contributed by atoms with Crippen molar-refractivity contribution in [1.82, 2.24) is 10.2 Å². The Labute approximate surface area is 130 Å². The van der Waals surface area contributed by atoms with Gasteiger partial charge in [0, 0.05) is 25.6 Å². The number of nitrogens with one attached hydrogen (secondary N) is 1. The maximum absolute atomic E-state index is 12.1. The Kier molecular flexibility index (Phi) is 4.73. The molecular weight excluding hydrogens is 280 g/mol. The van der Waals surface area contributed by atoms with Crippen molar-refractivity contribution in [1.29, 1.82) is 0 Å². The zero-order chi connectivity index (χ0) is 15.4. The van der Waals surface area contributed by atoms with Crippen LogP contribution in [0.15, 0.2) is 30.3 Å². The summed E-state index contributed by atoms with van der Waals surface area (Å²) >= 11 is 0. The van der Waals surface area contributed by atoms with E-state index in [1.807, 2.05) is 35.2 Å². The Morgan fingerprint density at radius 1 is 1.27 bits per heavy atom. The quantitative estimate of drug-likeness (QED) is 0.773. The molecule has 1 atom stereocenters. The maximum Gasteiger partial charge on any atom is 0.225 e. The van der Waals surface area contributed by atoms with E-state index in [0.29, 0.717) is 38.8 Å². The second-order valence-corrected chi connectivity index (χ2v) is 6.01. The first-order chi connectivity index (χ1) is 10.7. The second kappa shape index (κ2) is 6.92. The van der Waals surface area contributed by atoms with E-state index in [9.17, 15) is 9.59 Å². The molecule has 1 saturated carbocycles. The van der Waals surface area contributed by atoms with Crippen molar-refractivity contribution in [3.63, 3.8) is 0 Å². The van der Waals surface area contributed by atoms with Crippen LogP contribution in [0.1, 0.15) is 24.8 Å². The average Bonchev–Trinajstić information content (AvgIpc) is 3.30. The van der Waals surface area contributed by atoms with Crippen LogP contribution in [0.3, 0.4) is 0 Å². The molecule has 1 aliphatic carbocycles. The number of nitrogens with zero attached hydrogens (tertiary/aromatic N) is 1. The number of amides is 2. The van der Waals surface area contributed by atoms with Crippen molar-refractivity contribution >= 4 is 11.8 Å². The van der Waals surface area contributed by atoms with Crippen molar-refractivity contribution in [2.24, 2.45) is 5.92 Å². The Balaban J connectivity index is 1.32. The zero-order valence-electron chi connectivity index (χ0n) is 12.7. The standard InChI is InChI=1S/C17H22N2O3/c20-16-10-14(11-19(16)15-6-7-15)17(21)18-8-9-22-12-13-4-2-1-3-5-13/h1-5,14-15H,6-12H2,(H,18,21)/t14-/m0/s1. The fraction of sp³-hybridized carbons (Fsp3) is 0.529. The summed E-state index contributed by atoms with van der Waals surface area (Å²) in [4.78, 5) is 25.8. The van der Waals surface area contributed by atoms with Gasteiger partial charge in [-0.15, -0.1) is 0 Å².